The number of hydrogen-bond acceptors (Lipinski definition) is 6. The number of imidazole rings is 1. The van der Waals surface area contributed by atoms with Gasteiger partial charge in [-0.25, -0.2) is 13.4 Å². The van der Waals surface area contributed by atoms with Crippen molar-refractivity contribution in [2.45, 2.75) is 55.3 Å². The number of benzene rings is 1. The van der Waals surface area contributed by atoms with Gasteiger partial charge in [0.2, 0.25) is 10.0 Å². The molecule has 28 heavy (non-hydrogen) atoms. The van der Waals surface area contributed by atoms with Crippen molar-refractivity contribution in [1.82, 2.24) is 13.9 Å². The van der Waals surface area contributed by atoms with Crippen LogP contribution >= 0.6 is 11.8 Å². The molecule has 2 saturated heterocycles. The lowest BCUT2D eigenvalue weighted by molar-refractivity contribution is -0.130. The van der Waals surface area contributed by atoms with Crippen LogP contribution in [0.5, 0.6) is 0 Å². The summed E-state index contributed by atoms with van der Waals surface area (Å²) in [5, 5.41) is 0.903. The molecule has 0 saturated carbocycles. The first-order chi connectivity index (χ1) is 13.6. The van der Waals surface area contributed by atoms with Crippen molar-refractivity contribution in [3.8, 4) is 0 Å². The largest absolute Gasteiger partial charge is 0.355 e. The molecular weight excluding hydrogens is 398 g/mol. The van der Waals surface area contributed by atoms with Gasteiger partial charge in [-0.15, -0.1) is 0 Å². The number of thioether (sulfide) groups is 1. The number of ether oxygens (including phenoxy) is 2. The topological polar surface area (TPSA) is 73.7 Å². The molecule has 1 atom stereocenters. The first kappa shape index (κ1) is 20.2. The molecule has 0 spiro atoms. The third kappa shape index (κ3) is 4.09. The van der Waals surface area contributed by atoms with E-state index in [0.717, 1.165) is 60.8 Å². The van der Waals surface area contributed by atoms with Crippen LogP contribution in [0.1, 0.15) is 32.6 Å². The highest BCUT2D eigenvalue weighted by Gasteiger charge is 2.27. The molecule has 4 rings (SSSR count). The average Bonchev–Trinajstić information content (AvgIpc) is 3.10. The summed E-state index contributed by atoms with van der Waals surface area (Å²) in [6.45, 7) is 5.16. The van der Waals surface area contributed by atoms with Gasteiger partial charge >= 0.3 is 0 Å². The maximum absolute atomic E-state index is 13.0. The molecule has 3 heterocycles. The maximum atomic E-state index is 13.0. The Balaban J connectivity index is 1.58. The van der Waals surface area contributed by atoms with E-state index in [1.165, 1.54) is 0 Å². The van der Waals surface area contributed by atoms with Crippen LogP contribution in [-0.2, 0) is 26.0 Å². The second-order valence-electron chi connectivity index (χ2n) is 7.17. The van der Waals surface area contributed by atoms with Crippen molar-refractivity contribution in [1.29, 1.82) is 0 Å². The first-order valence-electron chi connectivity index (χ1n) is 9.92. The summed E-state index contributed by atoms with van der Waals surface area (Å²) < 4.78 is 40.5. The zero-order chi connectivity index (χ0) is 19.6. The van der Waals surface area contributed by atoms with Gasteiger partial charge in [0.15, 0.2) is 5.16 Å². The summed E-state index contributed by atoms with van der Waals surface area (Å²) in [5.41, 5.74) is 1.70. The van der Waals surface area contributed by atoms with E-state index in [9.17, 15) is 8.42 Å². The van der Waals surface area contributed by atoms with Crippen LogP contribution in [0, 0.1) is 0 Å². The summed E-state index contributed by atoms with van der Waals surface area (Å²) >= 11 is 1.66. The Bertz CT molecular complexity index is 917. The lowest BCUT2D eigenvalue weighted by atomic mass is 10.2. The highest BCUT2D eigenvalue weighted by molar-refractivity contribution is 7.99. The number of hydrogen-bond donors (Lipinski definition) is 0. The van der Waals surface area contributed by atoms with Crippen LogP contribution in [0.4, 0.5) is 0 Å². The Kier molecular flexibility index (Phi) is 6.27. The minimum absolute atomic E-state index is 0.166. The van der Waals surface area contributed by atoms with E-state index in [1.54, 1.807) is 28.2 Å². The highest BCUT2D eigenvalue weighted by atomic mass is 32.2. The van der Waals surface area contributed by atoms with Gasteiger partial charge in [-0.2, -0.15) is 4.31 Å². The van der Waals surface area contributed by atoms with Gasteiger partial charge in [0, 0.05) is 25.4 Å². The Morgan fingerprint density at radius 2 is 2.07 bits per heavy atom. The van der Waals surface area contributed by atoms with Crippen LogP contribution in [0.15, 0.2) is 28.3 Å². The van der Waals surface area contributed by atoms with E-state index in [4.69, 9.17) is 14.5 Å². The number of aromatic nitrogens is 2. The molecule has 7 nitrogen and oxygen atoms in total. The van der Waals surface area contributed by atoms with Crippen molar-refractivity contribution in [2.24, 2.45) is 0 Å². The van der Waals surface area contributed by atoms with Gasteiger partial charge in [0.1, 0.15) is 6.79 Å². The van der Waals surface area contributed by atoms with Crippen LogP contribution in [-0.4, -0.2) is 60.6 Å². The molecule has 0 amide bonds. The van der Waals surface area contributed by atoms with Crippen molar-refractivity contribution < 1.29 is 17.9 Å². The molecule has 0 unspecified atom stereocenters. The molecule has 0 bridgehead atoms. The standard InChI is InChI=1S/C19H27N3O4S2/c1-2-22-18-7-6-16(28(23,24)21-9-4-3-5-10-21)12-17(18)20-19(22)27-13-15-8-11-25-14-26-15/h6-7,12,15H,2-5,8-11,13-14H2,1H3/t15-/m1/s1. The normalized spacial score (nSPS) is 22.0. The van der Waals surface area contributed by atoms with Gasteiger partial charge in [0.25, 0.3) is 0 Å². The molecule has 154 valence electrons. The van der Waals surface area contributed by atoms with Crippen molar-refractivity contribution in [2.75, 3.05) is 32.2 Å². The van der Waals surface area contributed by atoms with Crippen LogP contribution in [0.3, 0.4) is 0 Å². The number of aryl methyl sites for hydroxylation is 1. The maximum Gasteiger partial charge on any atom is 0.243 e. The molecule has 9 heteroatoms. The van der Waals surface area contributed by atoms with Gasteiger partial charge in [-0.05, 0) is 44.4 Å². The van der Waals surface area contributed by atoms with E-state index >= 15 is 0 Å². The van der Waals surface area contributed by atoms with E-state index in [-0.39, 0.29) is 6.10 Å². The molecule has 0 N–H and O–H groups in total. The lowest BCUT2D eigenvalue weighted by Gasteiger charge is -2.25. The van der Waals surface area contributed by atoms with Crippen molar-refractivity contribution >= 4 is 32.8 Å². The molecule has 2 aliphatic heterocycles. The SMILES string of the molecule is CCn1c(SC[C@H]2CCOCO2)nc2cc(S(=O)(=O)N3CCCCC3)ccc21. The predicted octanol–water partition coefficient (Wildman–Crippen LogP) is 3.09. The minimum Gasteiger partial charge on any atom is -0.355 e. The fourth-order valence-corrected chi connectivity index (χ4v) is 6.40. The van der Waals surface area contributed by atoms with E-state index < -0.39 is 10.0 Å². The molecule has 2 aliphatic rings. The monoisotopic (exact) mass is 425 g/mol. The second-order valence-corrected chi connectivity index (χ2v) is 10.1. The van der Waals surface area contributed by atoms with E-state index in [1.807, 2.05) is 6.07 Å². The Morgan fingerprint density at radius 3 is 2.79 bits per heavy atom. The predicted molar refractivity (Wildman–Crippen MR) is 109 cm³/mol. The fourth-order valence-electron chi connectivity index (χ4n) is 3.72. The summed E-state index contributed by atoms with van der Waals surface area (Å²) in [6.07, 6.45) is 4.02. The van der Waals surface area contributed by atoms with Crippen LogP contribution in [0.2, 0.25) is 0 Å². The number of piperidine rings is 1. The zero-order valence-electron chi connectivity index (χ0n) is 16.2. The summed E-state index contributed by atoms with van der Waals surface area (Å²) in [6, 6.07) is 5.33. The number of rotatable bonds is 6. The summed E-state index contributed by atoms with van der Waals surface area (Å²) in [7, 11) is -3.45. The zero-order valence-corrected chi connectivity index (χ0v) is 17.8. The smallest absolute Gasteiger partial charge is 0.243 e. The Hall–Kier alpha value is -1.13. The fraction of sp³-hybridized carbons (Fsp3) is 0.632. The Labute approximate surface area is 170 Å². The Morgan fingerprint density at radius 1 is 1.25 bits per heavy atom. The van der Waals surface area contributed by atoms with E-state index in [0.29, 0.717) is 24.8 Å². The third-order valence-corrected chi connectivity index (χ3v) is 8.33. The minimum atomic E-state index is -3.45. The molecule has 1 aromatic carbocycles. The molecule has 2 aromatic rings. The van der Waals surface area contributed by atoms with Crippen LogP contribution < -0.4 is 0 Å². The average molecular weight is 426 g/mol. The van der Waals surface area contributed by atoms with E-state index in [2.05, 4.69) is 11.5 Å². The lowest BCUT2D eigenvalue weighted by Crippen LogP contribution is -2.35. The number of sulfonamides is 1. The van der Waals surface area contributed by atoms with Crippen LogP contribution in [0.25, 0.3) is 11.0 Å². The third-order valence-electron chi connectivity index (χ3n) is 5.32. The number of nitrogens with zero attached hydrogens (tertiary/aromatic N) is 3. The number of fused-ring (bicyclic) bond motifs is 1. The van der Waals surface area contributed by atoms with Gasteiger partial charge in [-0.1, -0.05) is 18.2 Å². The van der Waals surface area contributed by atoms with Crippen molar-refractivity contribution in [3.05, 3.63) is 18.2 Å². The second kappa shape index (κ2) is 8.71. The highest BCUT2D eigenvalue weighted by Crippen LogP contribution is 2.29. The summed E-state index contributed by atoms with van der Waals surface area (Å²) in [5.74, 6) is 0.811. The molecular formula is C19H27N3O4S2. The molecule has 0 aliphatic carbocycles. The van der Waals surface area contributed by atoms with Gasteiger partial charge in [0.05, 0.1) is 28.6 Å². The molecule has 0 radical (unpaired) electrons. The quantitative estimate of drug-likeness (QED) is 0.662. The molecule has 2 fully saturated rings. The molecule has 1 aromatic heterocycles. The summed E-state index contributed by atoms with van der Waals surface area (Å²) in [4.78, 5) is 5.08. The first-order valence-corrected chi connectivity index (χ1v) is 12.3. The van der Waals surface area contributed by atoms with Gasteiger partial charge in [-0.3, -0.25) is 0 Å². The van der Waals surface area contributed by atoms with Gasteiger partial charge < -0.3 is 14.0 Å². The van der Waals surface area contributed by atoms with Crippen molar-refractivity contribution in [3.63, 3.8) is 0 Å².